The van der Waals surface area contributed by atoms with E-state index in [1.807, 2.05) is 52.3 Å². The number of anilines is 4. The van der Waals surface area contributed by atoms with Gasteiger partial charge in [0.1, 0.15) is 0 Å². The molecule has 5 rings (SSSR count). The summed E-state index contributed by atoms with van der Waals surface area (Å²) in [5.74, 6) is 0. The number of carbonyl (C=O) groups is 2. The molecule has 2 aliphatic rings. The van der Waals surface area contributed by atoms with Crippen molar-refractivity contribution in [3.63, 3.8) is 0 Å². The van der Waals surface area contributed by atoms with E-state index in [1.54, 1.807) is 12.1 Å². The smallest absolute Gasteiger partial charge is 0.322 e. The van der Waals surface area contributed by atoms with Gasteiger partial charge in [0, 0.05) is 47.9 Å². The second-order valence-corrected chi connectivity index (χ2v) is 12.5. The Hall–Kier alpha value is -4.20. The molecule has 3 aromatic rings. The molecule has 2 fully saturated rings. The van der Waals surface area contributed by atoms with Crippen LogP contribution in [0.5, 0.6) is 0 Å². The van der Waals surface area contributed by atoms with Gasteiger partial charge in [-0.2, -0.15) is 0 Å². The van der Waals surface area contributed by atoms with Crippen LogP contribution in [-0.2, 0) is 13.1 Å². The number of nitrogens with zero attached hydrogens (tertiary/aromatic N) is 2. The molecule has 44 heavy (non-hydrogen) atoms. The highest BCUT2D eigenvalue weighted by Crippen LogP contribution is 2.27. The van der Waals surface area contributed by atoms with Gasteiger partial charge >= 0.3 is 12.1 Å². The van der Waals surface area contributed by atoms with Gasteiger partial charge in [0.2, 0.25) is 0 Å². The Balaban J connectivity index is 1.35. The van der Waals surface area contributed by atoms with Crippen molar-refractivity contribution in [2.24, 2.45) is 0 Å². The largest absolute Gasteiger partial charge is 0.399 e. The van der Waals surface area contributed by atoms with Crippen molar-refractivity contribution in [1.29, 1.82) is 0 Å². The highest BCUT2D eigenvalue weighted by atomic mass is 16.2. The third kappa shape index (κ3) is 8.91. The van der Waals surface area contributed by atoms with Crippen molar-refractivity contribution in [2.75, 3.05) is 22.1 Å². The van der Waals surface area contributed by atoms with Crippen LogP contribution >= 0.6 is 0 Å². The van der Waals surface area contributed by atoms with Gasteiger partial charge in [0.15, 0.2) is 0 Å². The van der Waals surface area contributed by atoms with Crippen molar-refractivity contribution >= 4 is 34.8 Å². The van der Waals surface area contributed by atoms with Crippen molar-refractivity contribution in [1.82, 2.24) is 9.80 Å². The summed E-state index contributed by atoms with van der Waals surface area (Å²) >= 11 is 0. The van der Waals surface area contributed by atoms with Crippen molar-refractivity contribution in [3.05, 3.63) is 83.9 Å². The fourth-order valence-corrected chi connectivity index (χ4v) is 6.72. The van der Waals surface area contributed by atoms with E-state index in [1.165, 1.54) is 25.7 Å². The van der Waals surface area contributed by atoms with Gasteiger partial charge in [0.25, 0.3) is 0 Å². The molecule has 0 radical (unpaired) electrons. The zero-order valence-corrected chi connectivity index (χ0v) is 25.8. The number of nitrogens with one attached hydrogen (secondary N) is 2. The van der Waals surface area contributed by atoms with E-state index >= 15 is 0 Å². The van der Waals surface area contributed by atoms with Crippen molar-refractivity contribution in [3.8, 4) is 0 Å². The third-order valence-corrected chi connectivity index (χ3v) is 9.03. The summed E-state index contributed by atoms with van der Waals surface area (Å²) in [6, 6.07) is 23.2. The van der Waals surface area contributed by atoms with Crippen LogP contribution in [0.25, 0.3) is 0 Å². The third-order valence-electron chi connectivity index (χ3n) is 9.03. The maximum Gasteiger partial charge on any atom is 0.322 e. The lowest BCUT2D eigenvalue weighted by Crippen LogP contribution is -2.43. The number of rotatable bonds is 8. The normalized spacial score (nSPS) is 16.4. The van der Waals surface area contributed by atoms with Gasteiger partial charge in [-0.15, -0.1) is 0 Å². The molecule has 0 saturated heterocycles. The van der Waals surface area contributed by atoms with Crippen LogP contribution in [0.4, 0.5) is 32.3 Å². The number of urea groups is 2. The Kier molecular flexibility index (Phi) is 11.0. The van der Waals surface area contributed by atoms with Crippen LogP contribution in [0.1, 0.15) is 88.2 Å². The number of nitrogens with two attached hydrogens (primary N) is 2. The van der Waals surface area contributed by atoms with Crippen LogP contribution in [-0.4, -0.2) is 33.9 Å². The number of carbonyl (C=O) groups excluding carboxylic acids is 2. The fourth-order valence-electron chi connectivity index (χ4n) is 6.72. The summed E-state index contributed by atoms with van der Waals surface area (Å²) in [5.41, 5.74) is 16.7. The summed E-state index contributed by atoms with van der Waals surface area (Å²) < 4.78 is 0. The van der Waals surface area contributed by atoms with E-state index in [2.05, 4.69) is 28.8 Å². The van der Waals surface area contributed by atoms with E-state index in [0.717, 1.165) is 62.5 Å². The summed E-state index contributed by atoms with van der Waals surface area (Å²) in [5, 5.41) is 6.19. The maximum absolute atomic E-state index is 13.7. The second kappa shape index (κ2) is 15.5. The monoisotopic (exact) mass is 596 g/mol. The van der Waals surface area contributed by atoms with Crippen LogP contribution in [0.15, 0.2) is 72.8 Å². The molecular formula is C36H48N6O2. The lowest BCUT2D eigenvalue weighted by molar-refractivity contribution is 0.174. The summed E-state index contributed by atoms with van der Waals surface area (Å²) in [6.07, 6.45) is 13.4. The zero-order valence-electron chi connectivity index (χ0n) is 25.8. The first-order valence-electron chi connectivity index (χ1n) is 16.4. The first-order chi connectivity index (χ1) is 21.4. The van der Waals surface area contributed by atoms with Gasteiger partial charge < -0.3 is 31.9 Å². The van der Waals surface area contributed by atoms with E-state index in [0.29, 0.717) is 35.8 Å². The first-order valence-corrected chi connectivity index (χ1v) is 16.4. The molecule has 0 atom stereocenters. The molecule has 0 bridgehead atoms. The van der Waals surface area contributed by atoms with Gasteiger partial charge in [0.05, 0.1) is 0 Å². The molecule has 2 saturated carbocycles. The molecule has 0 unspecified atom stereocenters. The highest BCUT2D eigenvalue weighted by molar-refractivity contribution is 5.90. The average Bonchev–Trinajstić information content (AvgIpc) is 3.45. The lowest BCUT2D eigenvalue weighted by atomic mass is 10.0. The molecule has 0 aromatic heterocycles. The Morgan fingerprint density at radius 3 is 1.34 bits per heavy atom. The lowest BCUT2D eigenvalue weighted by Gasteiger charge is -2.33. The second-order valence-electron chi connectivity index (χ2n) is 12.5. The molecule has 3 aromatic carbocycles. The number of hydrogen-bond donors (Lipinski definition) is 4. The summed E-state index contributed by atoms with van der Waals surface area (Å²) in [6.45, 7) is 1.01. The molecule has 8 nitrogen and oxygen atoms in total. The van der Waals surface area contributed by atoms with Crippen molar-refractivity contribution < 1.29 is 9.59 Å². The van der Waals surface area contributed by atoms with Gasteiger partial charge in [-0.1, -0.05) is 87.8 Å². The minimum absolute atomic E-state index is 0.102. The van der Waals surface area contributed by atoms with Crippen molar-refractivity contribution in [2.45, 2.75) is 102 Å². The number of benzene rings is 3. The molecule has 0 aliphatic heterocycles. The quantitative estimate of drug-likeness (QED) is 0.154. The molecule has 2 aliphatic carbocycles. The number of nitrogen functional groups attached to an aromatic ring is 2. The molecular weight excluding hydrogens is 548 g/mol. The van der Waals surface area contributed by atoms with E-state index in [9.17, 15) is 9.59 Å². The van der Waals surface area contributed by atoms with Crippen LogP contribution in [0, 0.1) is 0 Å². The molecule has 6 N–H and O–H groups in total. The molecule has 0 heterocycles. The number of amides is 4. The van der Waals surface area contributed by atoms with Gasteiger partial charge in [-0.25, -0.2) is 9.59 Å². The van der Waals surface area contributed by atoms with Crippen LogP contribution < -0.4 is 22.1 Å². The maximum atomic E-state index is 13.7. The van der Waals surface area contributed by atoms with Gasteiger partial charge in [-0.3, -0.25) is 0 Å². The minimum Gasteiger partial charge on any atom is -0.399 e. The molecule has 8 heteroatoms. The molecule has 234 valence electrons. The Labute approximate surface area is 262 Å². The topological polar surface area (TPSA) is 117 Å². The average molecular weight is 597 g/mol. The zero-order chi connectivity index (χ0) is 30.7. The molecule has 4 amide bonds. The van der Waals surface area contributed by atoms with Gasteiger partial charge in [-0.05, 0) is 73.2 Å². The van der Waals surface area contributed by atoms with E-state index in [4.69, 9.17) is 11.5 Å². The predicted molar refractivity (Wildman–Crippen MR) is 180 cm³/mol. The predicted octanol–water partition coefficient (Wildman–Crippen LogP) is 8.36. The fraction of sp³-hybridized carbons (Fsp3) is 0.444. The molecule has 0 spiro atoms. The van der Waals surface area contributed by atoms with E-state index in [-0.39, 0.29) is 24.1 Å². The first kappa shape index (κ1) is 31.2. The summed E-state index contributed by atoms with van der Waals surface area (Å²) in [7, 11) is 0. The highest BCUT2D eigenvalue weighted by Gasteiger charge is 2.27. The summed E-state index contributed by atoms with van der Waals surface area (Å²) in [4.78, 5) is 31.5. The number of hydrogen-bond acceptors (Lipinski definition) is 4. The Bertz CT molecular complexity index is 1280. The van der Waals surface area contributed by atoms with Crippen LogP contribution in [0.2, 0.25) is 0 Å². The van der Waals surface area contributed by atoms with E-state index < -0.39 is 0 Å². The standard InChI is InChI=1S/C36H48N6O2/c37-29-14-10-16-31(23-29)39-35(43)41(33-18-5-1-2-6-19-33)25-27-12-9-13-28(22-27)26-42(34-20-7-3-4-8-21-34)36(44)40-32-17-11-15-30(38)24-32/h9-17,22-24,33-34H,1-8,18-21,25-26,37-38H2,(H,39,43)(H,40,44). The Morgan fingerprint density at radius 1 is 0.568 bits per heavy atom. The Morgan fingerprint density at radius 2 is 0.955 bits per heavy atom. The van der Waals surface area contributed by atoms with Crippen LogP contribution in [0.3, 0.4) is 0 Å². The minimum atomic E-state index is -0.102. The SMILES string of the molecule is Nc1cccc(NC(=O)N(Cc2cccc(CN(C(=O)Nc3cccc(N)c3)C3CCCCCC3)c2)C2CCCCCC2)c1.